The van der Waals surface area contributed by atoms with E-state index in [1.165, 1.54) is 0 Å². The summed E-state index contributed by atoms with van der Waals surface area (Å²) in [6, 6.07) is 4.05. The molecular weight excluding hydrogens is 252 g/mol. The predicted molar refractivity (Wildman–Crippen MR) is 85.9 cm³/mol. The van der Waals surface area contributed by atoms with Crippen LogP contribution in [0.1, 0.15) is 38.8 Å². The van der Waals surface area contributed by atoms with Gasteiger partial charge in [0.25, 0.3) is 0 Å². The highest BCUT2D eigenvalue weighted by atomic mass is 28.3. The first-order valence-electron chi connectivity index (χ1n) is 6.90. The second kappa shape index (κ2) is 6.28. The van der Waals surface area contributed by atoms with Crippen LogP contribution in [0.3, 0.4) is 0 Å². The molecule has 2 nitrogen and oxygen atoms in total. The summed E-state index contributed by atoms with van der Waals surface area (Å²) in [5.74, 6) is 1.88. The Balaban J connectivity index is 3.51. The maximum absolute atomic E-state index is 6.17. The van der Waals surface area contributed by atoms with Crippen LogP contribution >= 0.6 is 0 Å². The summed E-state index contributed by atoms with van der Waals surface area (Å²) in [7, 11) is -1.18. The lowest BCUT2D eigenvalue weighted by molar-refractivity contribution is 0.327. The molecule has 0 heterocycles. The van der Waals surface area contributed by atoms with Gasteiger partial charge in [-0.05, 0) is 37.6 Å². The minimum absolute atomic E-state index is 0.0256. The fourth-order valence-electron chi connectivity index (χ4n) is 2.09. The van der Waals surface area contributed by atoms with Crippen molar-refractivity contribution in [3.05, 3.63) is 29.8 Å². The fraction of sp³-hybridized carbons (Fsp3) is 0.500. The van der Waals surface area contributed by atoms with Gasteiger partial charge >= 0.3 is 0 Å². The van der Waals surface area contributed by atoms with Gasteiger partial charge in [0.2, 0.25) is 9.04 Å². The maximum atomic E-state index is 6.17. The third kappa shape index (κ3) is 3.87. The van der Waals surface area contributed by atoms with E-state index in [2.05, 4.69) is 40.4 Å². The third-order valence-corrected chi connectivity index (χ3v) is 3.48. The van der Waals surface area contributed by atoms with Gasteiger partial charge in [-0.2, -0.15) is 0 Å². The Labute approximate surface area is 119 Å². The highest BCUT2D eigenvalue weighted by molar-refractivity contribution is 6.49. The SMILES string of the molecule is C=Cc1ccc(OCC)c(C(C)(C)C)c1O[SiH](C)C. The second-order valence-electron chi connectivity index (χ2n) is 5.91. The first-order chi connectivity index (χ1) is 8.81. The van der Waals surface area contributed by atoms with Crippen molar-refractivity contribution >= 4 is 15.1 Å². The second-order valence-corrected chi connectivity index (χ2v) is 8.24. The lowest BCUT2D eigenvalue weighted by Gasteiger charge is -2.28. The molecule has 1 aromatic rings. The van der Waals surface area contributed by atoms with Crippen molar-refractivity contribution in [2.45, 2.75) is 46.2 Å². The predicted octanol–water partition coefficient (Wildman–Crippen LogP) is 4.39. The van der Waals surface area contributed by atoms with E-state index in [0.29, 0.717) is 6.61 Å². The minimum Gasteiger partial charge on any atom is -0.546 e. The summed E-state index contributed by atoms with van der Waals surface area (Å²) in [6.07, 6.45) is 1.86. The van der Waals surface area contributed by atoms with Crippen LogP contribution in [-0.2, 0) is 5.41 Å². The molecule has 1 aromatic carbocycles. The van der Waals surface area contributed by atoms with Crippen LogP contribution in [0.25, 0.3) is 6.08 Å². The quantitative estimate of drug-likeness (QED) is 0.744. The Morgan fingerprint density at radius 3 is 2.32 bits per heavy atom. The smallest absolute Gasteiger partial charge is 0.229 e. The number of hydrogen-bond donors (Lipinski definition) is 0. The topological polar surface area (TPSA) is 18.5 Å². The van der Waals surface area contributed by atoms with E-state index in [-0.39, 0.29) is 5.41 Å². The zero-order valence-electron chi connectivity index (χ0n) is 13.0. The van der Waals surface area contributed by atoms with Gasteiger partial charge < -0.3 is 9.16 Å². The average molecular weight is 278 g/mol. The molecule has 0 saturated heterocycles. The van der Waals surface area contributed by atoms with Crippen LogP contribution < -0.4 is 9.16 Å². The molecule has 0 radical (unpaired) electrons. The van der Waals surface area contributed by atoms with Gasteiger partial charge in [-0.1, -0.05) is 33.4 Å². The van der Waals surface area contributed by atoms with Crippen molar-refractivity contribution in [1.29, 1.82) is 0 Å². The highest BCUT2D eigenvalue weighted by Gasteiger charge is 2.26. The Morgan fingerprint density at radius 2 is 1.89 bits per heavy atom. The zero-order valence-corrected chi connectivity index (χ0v) is 14.2. The van der Waals surface area contributed by atoms with Gasteiger partial charge in [0.1, 0.15) is 11.5 Å². The standard InChI is InChI=1S/C16H26O2Si/c1-8-12-10-11-13(17-9-2)14(16(3,4)5)15(12)18-19(6)7/h8,10-11,19H,1,9H2,2-7H3. The van der Waals surface area contributed by atoms with Gasteiger partial charge in [-0.25, -0.2) is 0 Å². The maximum Gasteiger partial charge on any atom is 0.229 e. The number of benzene rings is 1. The van der Waals surface area contributed by atoms with E-state index in [1.807, 2.05) is 25.1 Å². The lowest BCUT2D eigenvalue weighted by atomic mass is 9.84. The molecule has 106 valence electrons. The fourth-order valence-corrected chi connectivity index (χ4v) is 2.82. The van der Waals surface area contributed by atoms with Gasteiger partial charge in [-0.3, -0.25) is 0 Å². The first-order valence-corrected chi connectivity index (χ1v) is 9.68. The van der Waals surface area contributed by atoms with Crippen LogP contribution in [0.2, 0.25) is 13.1 Å². The largest absolute Gasteiger partial charge is 0.546 e. The summed E-state index contributed by atoms with van der Waals surface area (Å²) in [4.78, 5) is 0. The average Bonchev–Trinajstić information content (AvgIpc) is 2.27. The van der Waals surface area contributed by atoms with Crippen molar-refractivity contribution in [2.75, 3.05) is 6.61 Å². The monoisotopic (exact) mass is 278 g/mol. The number of ether oxygens (including phenoxy) is 1. The van der Waals surface area contributed by atoms with E-state index in [9.17, 15) is 0 Å². The van der Waals surface area contributed by atoms with Crippen LogP contribution in [-0.4, -0.2) is 15.6 Å². The van der Waals surface area contributed by atoms with Gasteiger partial charge in [0.05, 0.1) is 6.61 Å². The van der Waals surface area contributed by atoms with Crippen LogP contribution in [0.15, 0.2) is 18.7 Å². The Hall–Kier alpha value is -1.22. The highest BCUT2D eigenvalue weighted by Crippen LogP contribution is 2.41. The molecule has 19 heavy (non-hydrogen) atoms. The van der Waals surface area contributed by atoms with Crippen molar-refractivity contribution in [2.24, 2.45) is 0 Å². The Morgan fingerprint density at radius 1 is 1.26 bits per heavy atom. The lowest BCUT2D eigenvalue weighted by Crippen LogP contribution is -2.20. The summed E-state index contributed by atoms with van der Waals surface area (Å²) in [5.41, 5.74) is 2.17. The zero-order chi connectivity index (χ0) is 14.6. The molecule has 3 heteroatoms. The number of rotatable bonds is 5. The molecule has 0 aromatic heterocycles. The van der Waals surface area contributed by atoms with Crippen molar-refractivity contribution < 1.29 is 9.16 Å². The normalized spacial score (nSPS) is 11.5. The summed E-state index contributed by atoms with van der Waals surface area (Å²) in [6.45, 7) is 17.5. The molecule has 1 rings (SSSR count). The van der Waals surface area contributed by atoms with Gasteiger partial charge in [-0.15, -0.1) is 0 Å². The van der Waals surface area contributed by atoms with Crippen molar-refractivity contribution in [3.8, 4) is 11.5 Å². The van der Waals surface area contributed by atoms with E-state index in [1.54, 1.807) is 0 Å². The van der Waals surface area contributed by atoms with Gasteiger partial charge in [0.15, 0.2) is 0 Å². The molecule has 0 spiro atoms. The molecule has 0 aliphatic carbocycles. The van der Waals surface area contributed by atoms with Crippen LogP contribution in [0, 0.1) is 0 Å². The molecular formula is C16H26O2Si. The van der Waals surface area contributed by atoms with E-state index in [0.717, 1.165) is 22.6 Å². The van der Waals surface area contributed by atoms with E-state index >= 15 is 0 Å². The van der Waals surface area contributed by atoms with Crippen molar-refractivity contribution in [3.63, 3.8) is 0 Å². The van der Waals surface area contributed by atoms with E-state index < -0.39 is 9.04 Å². The molecule has 0 fully saturated rings. The van der Waals surface area contributed by atoms with Crippen LogP contribution in [0.4, 0.5) is 0 Å². The summed E-state index contributed by atoms with van der Waals surface area (Å²) < 4.78 is 12.0. The molecule has 0 saturated carbocycles. The minimum atomic E-state index is -1.18. The van der Waals surface area contributed by atoms with Gasteiger partial charge in [0, 0.05) is 11.1 Å². The number of hydrogen-bond acceptors (Lipinski definition) is 2. The van der Waals surface area contributed by atoms with E-state index in [4.69, 9.17) is 9.16 Å². The molecule has 0 aliphatic rings. The molecule has 0 N–H and O–H groups in total. The molecule has 0 atom stereocenters. The molecule has 0 aliphatic heterocycles. The molecule has 0 bridgehead atoms. The van der Waals surface area contributed by atoms with Crippen LogP contribution in [0.5, 0.6) is 11.5 Å². The summed E-state index contributed by atoms with van der Waals surface area (Å²) >= 11 is 0. The third-order valence-electron chi connectivity index (χ3n) is 2.77. The summed E-state index contributed by atoms with van der Waals surface area (Å²) in [5, 5.41) is 0. The first kappa shape index (κ1) is 15.8. The Bertz CT molecular complexity index is 445. The molecule has 0 amide bonds. The van der Waals surface area contributed by atoms with Crippen molar-refractivity contribution in [1.82, 2.24) is 0 Å². The molecule has 0 unspecified atom stereocenters. The Kier molecular flexibility index (Phi) is 5.24.